The Labute approximate surface area is 166 Å². The molecule has 1 N–H and O–H groups in total. The number of ether oxygens (including phenoxy) is 2. The lowest BCUT2D eigenvalue weighted by Crippen LogP contribution is -2.24. The van der Waals surface area contributed by atoms with Gasteiger partial charge in [0.05, 0.1) is 31.4 Å². The third kappa shape index (κ3) is 4.78. The summed E-state index contributed by atoms with van der Waals surface area (Å²) in [6.45, 7) is 0.403. The lowest BCUT2D eigenvalue weighted by Gasteiger charge is -2.10. The van der Waals surface area contributed by atoms with Crippen molar-refractivity contribution in [3.8, 4) is 22.1 Å². The Kier molecular flexibility index (Phi) is 6.32. The molecule has 1 amide bonds. The number of rotatable bonds is 7. The average Bonchev–Trinajstić information content (AvgIpc) is 3.14. The van der Waals surface area contributed by atoms with E-state index in [1.165, 1.54) is 11.3 Å². The van der Waals surface area contributed by atoms with E-state index in [1.807, 2.05) is 47.8 Å². The summed E-state index contributed by atoms with van der Waals surface area (Å²) >= 11 is 7.68. The van der Waals surface area contributed by atoms with Crippen molar-refractivity contribution in [2.75, 3.05) is 14.2 Å². The van der Waals surface area contributed by atoms with E-state index in [0.29, 0.717) is 23.1 Å². The van der Waals surface area contributed by atoms with Gasteiger partial charge in [0.2, 0.25) is 5.91 Å². The van der Waals surface area contributed by atoms with Crippen molar-refractivity contribution in [3.05, 3.63) is 64.1 Å². The van der Waals surface area contributed by atoms with E-state index in [2.05, 4.69) is 10.3 Å². The second-order valence-corrected chi connectivity index (χ2v) is 7.03. The third-order valence-corrected chi connectivity index (χ3v) is 5.19. The molecule has 0 unspecified atom stereocenters. The molecule has 0 radical (unpaired) electrons. The highest BCUT2D eigenvalue weighted by Gasteiger charge is 2.11. The Balaban J connectivity index is 1.60. The summed E-state index contributed by atoms with van der Waals surface area (Å²) in [6, 6.07) is 13.1. The van der Waals surface area contributed by atoms with Gasteiger partial charge in [-0.2, -0.15) is 0 Å². The number of halogens is 1. The molecule has 2 aromatic carbocycles. The smallest absolute Gasteiger partial charge is 0.226 e. The summed E-state index contributed by atoms with van der Waals surface area (Å²) in [4.78, 5) is 16.8. The van der Waals surface area contributed by atoms with Gasteiger partial charge >= 0.3 is 0 Å². The van der Waals surface area contributed by atoms with Gasteiger partial charge in [-0.05, 0) is 23.8 Å². The first-order valence-electron chi connectivity index (χ1n) is 8.27. The van der Waals surface area contributed by atoms with Crippen LogP contribution in [0.4, 0.5) is 0 Å². The largest absolute Gasteiger partial charge is 0.493 e. The van der Waals surface area contributed by atoms with E-state index >= 15 is 0 Å². The van der Waals surface area contributed by atoms with Crippen molar-refractivity contribution in [3.63, 3.8) is 0 Å². The molecule has 0 aliphatic rings. The molecule has 5 nitrogen and oxygen atoms in total. The van der Waals surface area contributed by atoms with Crippen LogP contribution in [-0.2, 0) is 17.8 Å². The van der Waals surface area contributed by atoms with Gasteiger partial charge in [-0.15, -0.1) is 11.3 Å². The van der Waals surface area contributed by atoms with Crippen LogP contribution in [0.25, 0.3) is 10.6 Å². The molecule has 1 aromatic heterocycles. The van der Waals surface area contributed by atoms with E-state index in [1.54, 1.807) is 14.2 Å². The number of nitrogens with zero attached hydrogens (tertiary/aromatic N) is 1. The summed E-state index contributed by atoms with van der Waals surface area (Å²) in [5.74, 6) is 1.19. The molecule has 0 spiro atoms. The minimum Gasteiger partial charge on any atom is -0.493 e. The Hall–Kier alpha value is -2.57. The highest BCUT2D eigenvalue weighted by atomic mass is 35.5. The predicted molar refractivity (Wildman–Crippen MR) is 108 cm³/mol. The Morgan fingerprint density at radius 1 is 1.15 bits per heavy atom. The molecule has 0 aliphatic carbocycles. The number of hydrogen-bond acceptors (Lipinski definition) is 5. The Bertz CT molecular complexity index is 942. The molecule has 7 heteroatoms. The molecular weight excluding hydrogens is 384 g/mol. The van der Waals surface area contributed by atoms with Crippen LogP contribution >= 0.6 is 22.9 Å². The van der Waals surface area contributed by atoms with Crippen molar-refractivity contribution in [2.45, 2.75) is 13.0 Å². The summed E-state index contributed by atoms with van der Waals surface area (Å²) in [7, 11) is 3.17. The van der Waals surface area contributed by atoms with Crippen LogP contribution in [0.1, 0.15) is 11.3 Å². The fraction of sp³-hybridized carbons (Fsp3) is 0.200. The molecular formula is C20H19ClN2O3S. The fourth-order valence-corrected chi connectivity index (χ4v) is 3.70. The van der Waals surface area contributed by atoms with Gasteiger partial charge < -0.3 is 14.8 Å². The zero-order chi connectivity index (χ0) is 19.2. The lowest BCUT2D eigenvalue weighted by molar-refractivity contribution is -0.120. The molecule has 1 heterocycles. The molecule has 3 rings (SSSR count). The maximum absolute atomic E-state index is 12.2. The van der Waals surface area contributed by atoms with Crippen LogP contribution in [0.5, 0.6) is 11.5 Å². The van der Waals surface area contributed by atoms with Crippen LogP contribution in [-0.4, -0.2) is 25.1 Å². The highest BCUT2D eigenvalue weighted by molar-refractivity contribution is 7.13. The molecule has 140 valence electrons. The molecule has 0 saturated carbocycles. The SMILES string of the molecule is COc1ccc(CNC(=O)Cc2csc(-c3ccccc3Cl)n2)cc1OC. The van der Waals surface area contributed by atoms with Crippen molar-refractivity contribution in [1.29, 1.82) is 0 Å². The van der Waals surface area contributed by atoms with E-state index in [0.717, 1.165) is 21.8 Å². The van der Waals surface area contributed by atoms with Crippen molar-refractivity contribution in [2.24, 2.45) is 0 Å². The lowest BCUT2D eigenvalue weighted by atomic mass is 10.2. The predicted octanol–water partition coefficient (Wildman–Crippen LogP) is 4.34. The molecule has 0 aliphatic heterocycles. The molecule has 0 bridgehead atoms. The number of hydrogen-bond donors (Lipinski definition) is 1. The topological polar surface area (TPSA) is 60.5 Å². The first-order chi connectivity index (χ1) is 13.1. The highest BCUT2D eigenvalue weighted by Crippen LogP contribution is 2.30. The van der Waals surface area contributed by atoms with E-state index < -0.39 is 0 Å². The standard InChI is InChI=1S/C20H19ClN2O3S/c1-25-17-8-7-13(9-18(17)26-2)11-22-19(24)10-14-12-27-20(23-14)15-5-3-4-6-16(15)21/h3-9,12H,10-11H2,1-2H3,(H,22,24). The number of carbonyl (C=O) groups is 1. The van der Waals surface area contributed by atoms with Gasteiger partial charge in [-0.25, -0.2) is 4.98 Å². The molecule has 0 atom stereocenters. The van der Waals surface area contributed by atoms with Crippen LogP contribution < -0.4 is 14.8 Å². The van der Waals surface area contributed by atoms with E-state index in [9.17, 15) is 4.79 Å². The van der Waals surface area contributed by atoms with Gasteiger partial charge in [-0.1, -0.05) is 35.9 Å². The van der Waals surface area contributed by atoms with Crippen molar-refractivity contribution in [1.82, 2.24) is 10.3 Å². The van der Waals surface area contributed by atoms with Crippen molar-refractivity contribution >= 4 is 28.8 Å². The van der Waals surface area contributed by atoms with Crippen molar-refractivity contribution < 1.29 is 14.3 Å². The minimum atomic E-state index is -0.0965. The summed E-state index contributed by atoms with van der Waals surface area (Å²) in [6.07, 6.45) is 0.217. The van der Waals surface area contributed by atoms with Gasteiger partial charge in [0.25, 0.3) is 0 Å². The quantitative estimate of drug-likeness (QED) is 0.638. The number of methoxy groups -OCH3 is 2. The normalized spacial score (nSPS) is 10.5. The van der Waals surface area contributed by atoms with Gasteiger partial charge in [-0.3, -0.25) is 4.79 Å². The number of aromatic nitrogens is 1. The number of amides is 1. The summed E-state index contributed by atoms with van der Waals surface area (Å²) < 4.78 is 10.5. The first-order valence-corrected chi connectivity index (χ1v) is 9.53. The second-order valence-electron chi connectivity index (χ2n) is 5.77. The Morgan fingerprint density at radius 3 is 2.67 bits per heavy atom. The van der Waals surface area contributed by atoms with Crippen LogP contribution in [0.2, 0.25) is 5.02 Å². The van der Waals surface area contributed by atoms with E-state index in [4.69, 9.17) is 21.1 Å². The molecule has 27 heavy (non-hydrogen) atoms. The number of benzene rings is 2. The number of nitrogens with one attached hydrogen (secondary N) is 1. The third-order valence-electron chi connectivity index (χ3n) is 3.94. The van der Waals surface area contributed by atoms with Crippen LogP contribution in [0.15, 0.2) is 47.8 Å². The average molecular weight is 403 g/mol. The molecule has 0 fully saturated rings. The van der Waals surface area contributed by atoms with Crippen LogP contribution in [0, 0.1) is 0 Å². The number of carbonyl (C=O) groups excluding carboxylic acids is 1. The monoisotopic (exact) mass is 402 g/mol. The fourth-order valence-electron chi connectivity index (χ4n) is 2.56. The first kappa shape index (κ1) is 19.2. The van der Waals surface area contributed by atoms with Crippen LogP contribution in [0.3, 0.4) is 0 Å². The molecule has 3 aromatic rings. The zero-order valence-electron chi connectivity index (χ0n) is 15.0. The summed E-state index contributed by atoms with van der Waals surface area (Å²) in [5, 5.41) is 6.24. The zero-order valence-corrected chi connectivity index (χ0v) is 16.6. The maximum Gasteiger partial charge on any atom is 0.226 e. The minimum absolute atomic E-state index is 0.0965. The maximum atomic E-state index is 12.2. The number of thiazole rings is 1. The van der Waals surface area contributed by atoms with Gasteiger partial charge in [0.1, 0.15) is 5.01 Å². The Morgan fingerprint density at radius 2 is 1.93 bits per heavy atom. The summed E-state index contributed by atoms with van der Waals surface area (Å²) in [5.41, 5.74) is 2.52. The van der Waals surface area contributed by atoms with Gasteiger partial charge in [0, 0.05) is 17.5 Å². The van der Waals surface area contributed by atoms with E-state index in [-0.39, 0.29) is 12.3 Å². The molecule has 0 saturated heterocycles. The van der Waals surface area contributed by atoms with Gasteiger partial charge in [0.15, 0.2) is 11.5 Å². The second kappa shape index (κ2) is 8.88.